The molecule has 0 aliphatic carbocycles. The van der Waals surface area contributed by atoms with Crippen molar-refractivity contribution >= 4 is 28.9 Å². The van der Waals surface area contributed by atoms with E-state index in [1.165, 1.54) is 11.6 Å². The molecule has 0 fully saturated rings. The number of hydrogen-bond donors (Lipinski definition) is 1. The lowest BCUT2D eigenvalue weighted by molar-refractivity contribution is 0.628. The molecule has 100 valence electrons. The zero-order chi connectivity index (χ0) is 13.8. The zero-order valence-electron chi connectivity index (χ0n) is 10.5. The highest BCUT2D eigenvalue weighted by atomic mass is 35.5. The maximum atomic E-state index is 13.0. The van der Waals surface area contributed by atoms with E-state index in [1.54, 1.807) is 12.1 Å². The molecular weight excluding hydrogens is 284 g/mol. The highest BCUT2D eigenvalue weighted by molar-refractivity contribution is 6.31. The highest BCUT2D eigenvalue weighted by Crippen LogP contribution is 2.20. The zero-order valence-corrected chi connectivity index (χ0v) is 12.0. The number of rotatable bonds is 4. The van der Waals surface area contributed by atoms with Crippen molar-refractivity contribution in [3.63, 3.8) is 0 Å². The molecule has 1 N–H and O–H groups in total. The molecule has 0 radical (unpaired) electrons. The Bertz CT molecular complexity index is 555. The van der Waals surface area contributed by atoms with Crippen LogP contribution in [0, 0.1) is 5.82 Å². The second-order valence-electron chi connectivity index (χ2n) is 4.50. The van der Waals surface area contributed by atoms with E-state index in [9.17, 15) is 4.39 Å². The second-order valence-corrected chi connectivity index (χ2v) is 5.35. The molecule has 0 aliphatic heterocycles. The third-order valence-electron chi connectivity index (χ3n) is 2.79. The van der Waals surface area contributed by atoms with Crippen molar-refractivity contribution in [3.8, 4) is 0 Å². The van der Waals surface area contributed by atoms with Crippen LogP contribution in [-0.4, -0.2) is 6.04 Å². The predicted octanol–water partition coefficient (Wildman–Crippen LogP) is 5.18. The largest absolute Gasteiger partial charge is 0.382 e. The van der Waals surface area contributed by atoms with Gasteiger partial charge < -0.3 is 5.32 Å². The van der Waals surface area contributed by atoms with Crippen LogP contribution < -0.4 is 5.32 Å². The van der Waals surface area contributed by atoms with Gasteiger partial charge in [-0.3, -0.25) is 0 Å². The van der Waals surface area contributed by atoms with E-state index in [4.69, 9.17) is 23.2 Å². The van der Waals surface area contributed by atoms with Gasteiger partial charge in [0, 0.05) is 16.8 Å². The van der Waals surface area contributed by atoms with Crippen molar-refractivity contribution < 1.29 is 4.39 Å². The number of benzene rings is 2. The third kappa shape index (κ3) is 4.12. The van der Waals surface area contributed by atoms with Gasteiger partial charge >= 0.3 is 0 Å². The Labute approximate surface area is 122 Å². The van der Waals surface area contributed by atoms with Crippen LogP contribution in [-0.2, 0) is 6.42 Å². The lowest BCUT2D eigenvalue weighted by Gasteiger charge is -2.15. The van der Waals surface area contributed by atoms with Crippen molar-refractivity contribution in [2.45, 2.75) is 19.4 Å². The molecule has 0 aromatic heterocycles. The van der Waals surface area contributed by atoms with Crippen molar-refractivity contribution in [1.29, 1.82) is 0 Å². The molecular formula is C15H14Cl2FN. The van der Waals surface area contributed by atoms with Crippen LogP contribution in [0.1, 0.15) is 12.5 Å². The molecule has 0 saturated carbocycles. The molecule has 19 heavy (non-hydrogen) atoms. The number of hydrogen-bond acceptors (Lipinski definition) is 1. The summed E-state index contributed by atoms with van der Waals surface area (Å²) in [5.41, 5.74) is 2.01. The first-order chi connectivity index (χ1) is 9.04. The molecule has 1 nitrogen and oxygen atoms in total. The number of anilines is 1. The summed E-state index contributed by atoms with van der Waals surface area (Å²) in [5.74, 6) is -0.405. The van der Waals surface area contributed by atoms with Crippen LogP contribution in [0.4, 0.5) is 10.1 Å². The van der Waals surface area contributed by atoms with Gasteiger partial charge in [-0.15, -0.1) is 0 Å². The van der Waals surface area contributed by atoms with E-state index in [1.807, 2.05) is 24.3 Å². The molecule has 0 saturated heterocycles. The van der Waals surface area contributed by atoms with Crippen LogP contribution in [0.3, 0.4) is 0 Å². The van der Waals surface area contributed by atoms with Crippen LogP contribution in [0.2, 0.25) is 10.0 Å². The van der Waals surface area contributed by atoms with Gasteiger partial charge in [0.25, 0.3) is 0 Å². The fourth-order valence-electron chi connectivity index (χ4n) is 1.90. The molecule has 2 rings (SSSR count). The molecule has 2 aromatic rings. The Hall–Kier alpha value is -1.25. The van der Waals surface area contributed by atoms with E-state index in [2.05, 4.69) is 12.2 Å². The monoisotopic (exact) mass is 297 g/mol. The molecule has 2 aromatic carbocycles. The van der Waals surface area contributed by atoms with Crippen LogP contribution >= 0.6 is 23.2 Å². The standard InChI is InChI=1S/C15H14Cl2FN/c1-10(8-11-2-4-12(16)5-3-11)19-13-6-7-15(18)14(17)9-13/h2-7,9-10,19H,8H2,1H3. The van der Waals surface area contributed by atoms with Crippen LogP contribution in [0.5, 0.6) is 0 Å². The van der Waals surface area contributed by atoms with Crippen LogP contribution in [0.15, 0.2) is 42.5 Å². The van der Waals surface area contributed by atoms with Gasteiger partial charge in [-0.2, -0.15) is 0 Å². The third-order valence-corrected chi connectivity index (χ3v) is 3.33. The number of halogens is 3. The molecule has 1 atom stereocenters. The average molecular weight is 298 g/mol. The van der Waals surface area contributed by atoms with Gasteiger partial charge in [0.15, 0.2) is 0 Å². The smallest absolute Gasteiger partial charge is 0.141 e. The molecule has 4 heteroatoms. The summed E-state index contributed by atoms with van der Waals surface area (Å²) in [6.07, 6.45) is 0.853. The minimum absolute atomic E-state index is 0.128. The normalized spacial score (nSPS) is 12.2. The Morgan fingerprint density at radius 1 is 1.11 bits per heavy atom. The lowest BCUT2D eigenvalue weighted by Crippen LogP contribution is -2.18. The SMILES string of the molecule is CC(Cc1ccc(Cl)cc1)Nc1ccc(F)c(Cl)c1. The average Bonchev–Trinajstić information content (AvgIpc) is 2.37. The molecule has 0 spiro atoms. The summed E-state index contributed by atoms with van der Waals surface area (Å²) in [6.45, 7) is 2.06. The van der Waals surface area contributed by atoms with E-state index in [0.29, 0.717) is 0 Å². The van der Waals surface area contributed by atoms with Crippen molar-refractivity contribution in [1.82, 2.24) is 0 Å². The molecule has 0 aliphatic rings. The summed E-state index contributed by atoms with van der Waals surface area (Å²) < 4.78 is 13.0. The summed E-state index contributed by atoms with van der Waals surface area (Å²) in [6, 6.07) is 12.6. The first kappa shape index (κ1) is 14.2. The van der Waals surface area contributed by atoms with Crippen LogP contribution in [0.25, 0.3) is 0 Å². The summed E-state index contributed by atoms with van der Waals surface area (Å²) in [5, 5.41) is 4.15. The van der Waals surface area contributed by atoms with E-state index in [-0.39, 0.29) is 11.1 Å². The van der Waals surface area contributed by atoms with Crippen molar-refractivity contribution in [2.75, 3.05) is 5.32 Å². The van der Waals surface area contributed by atoms with Gasteiger partial charge in [-0.05, 0) is 49.2 Å². The maximum Gasteiger partial charge on any atom is 0.141 e. The molecule has 0 heterocycles. The Morgan fingerprint density at radius 3 is 2.42 bits per heavy atom. The summed E-state index contributed by atoms with van der Waals surface area (Å²) >= 11 is 11.6. The quantitative estimate of drug-likeness (QED) is 0.820. The van der Waals surface area contributed by atoms with E-state index in [0.717, 1.165) is 17.1 Å². The fourth-order valence-corrected chi connectivity index (χ4v) is 2.20. The first-order valence-electron chi connectivity index (χ1n) is 6.00. The fraction of sp³-hybridized carbons (Fsp3) is 0.200. The second kappa shape index (κ2) is 6.27. The Kier molecular flexibility index (Phi) is 4.67. The summed E-state index contributed by atoms with van der Waals surface area (Å²) in [7, 11) is 0. The first-order valence-corrected chi connectivity index (χ1v) is 6.76. The van der Waals surface area contributed by atoms with Gasteiger partial charge in [0.2, 0.25) is 0 Å². The Morgan fingerprint density at radius 2 is 1.79 bits per heavy atom. The number of nitrogens with one attached hydrogen (secondary N) is 1. The highest BCUT2D eigenvalue weighted by Gasteiger charge is 2.06. The molecule has 1 unspecified atom stereocenters. The van der Waals surface area contributed by atoms with Gasteiger partial charge in [0.05, 0.1) is 5.02 Å². The van der Waals surface area contributed by atoms with E-state index < -0.39 is 5.82 Å². The van der Waals surface area contributed by atoms with Gasteiger partial charge in [-0.25, -0.2) is 4.39 Å². The maximum absolute atomic E-state index is 13.0. The Balaban J connectivity index is 1.98. The van der Waals surface area contributed by atoms with E-state index >= 15 is 0 Å². The molecule has 0 bridgehead atoms. The topological polar surface area (TPSA) is 12.0 Å². The lowest BCUT2D eigenvalue weighted by atomic mass is 10.1. The molecule has 0 amide bonds. The summed E-state index contributed by atoms with van der Waals surface area (Å²) in [4.78, 5) is 0. The van der Waals surface area contributed by atoms with Crippen molar-refractivity contribution in [3.05, 3.63) is 63.9 Å². The van der Waals surface area contributed by atoms with Crippen molar-refractivity contribution in [2.24, 2.45) is 0 Å². The van der Waals surface area contributed by atoms with Gasteiger partial charge in [0.1, 0.15) is 5.82 Å². The minimum Gasteiger partial charge on any atom is -0.382 e. The minimum atomic E-state index is -0.405. The van der Waals surface area contributed by atoms with Gasteiger partial charge in [-0.1, -0.05) is 35.3 Å². The predicted molar refractivity (Wildman–Crippen MR) is 79.7 cm³/mol.